The van der Waals surface area contributed by atoms with Crippen molar-refractivity contribution in [2.24, 2.45) is 0 Å². The number of nitrogens with zero attached hydrogens (tertiary/aromatic N) is 1. The lowest BCUT2D eigenvalue weighted by Gasteiger charge is -2.33. The molecule has 0 amide bonds. The molecule has 2 rings (SSSR count). The summed E-state index contributed by atoms with van der Waals surface area (Å²) in [6.07, 6.45) is 6.61. The zero-order valence-electron chi connectivity index (χ0n) is 11.1. The van der Waals surface area contributed by atoms with Crippen molar-refractivity contribution >= 4 is 11.4 Å². The average Bonchev–Trinajstić information content (AvgIpc) is 2.57. The molecular formula is C15H24N2. The molecule has 94 valence electrons. The zero-order valence-corrected chi connectivity index (χ0v) is 11.1. The molecule has 1 atom stereocenters. The number of hydrogen-bond acceptors (Lipinski definition) is 2. The summed E-state index contributed by atoms with van der Waals surface area (Å²) in [6, 6.07) is 6.97. The van der Waals surface area contributed by atoms with Crippen LogP contribution in [0.3, 0.4) is 0 Å². The molecule has 0 aliphatic carbocycles. The first-order valence-electron chi connectivity index (χ1n) is 6.85. The molecule has 17 heavy (non-hydrogen) atoms. The van der Waals surface area contributed by atoms with Crippen LogP contribution in [-0.2, 0) is 0 Å². The molecule has 1 saturated heterocycles. The first kappa shape index (κ1) is 12.3. The molecule has 1 aliphatic heterocycles. The molecule has 1 aromatic rings. The molecule has 1 fully saturated rings. The lowest BCUT2D eigenvalue weighted by atomic mass is 10.1. The average molecular weight is 232 g/mol. The predicted octanol–water partition coefficient (Wildman–Crippen LogP) is 3.74. The number of rotatable bonds is 2. The summed E-state index contributed by atoms with van der Waals surface area (Å²) >= 11 is 0. The lowest BCUT2D eigenvalue weighted by molar-refractivity contribution is 0.555. The topological polar surface area (TPSA) is 29.3 Å². The van der Waals surface area contributed by atoms with Gasteiger partial charge in [-0.3, -0.25) is 0 Å². The highest BCUT2D eigenvalue weighted by Gasteiger charge is 2.20. The molecule has 2 heteroatoms. The van der Waals surface area contributed by atoms with Gasteiger partial charge in [-0.1, -0.05) is 25.8 Å². The molecule has 0 radical (unpaired) electrons. The van der Waals surface area contributed by atoms with Gasteiger partial charge in [-0.15, -0.1) is 0 Å². The summed E-state index contributed by atoms with van der Waals surface area (Å²) < 4.78 is 0. The van der Waals surface area contributed by atoms with Crippen LogP contribution in [-0.4, -0.2) is 12.6 Å². The van der Waals surface area contributed by atoms with Crippen LogP contribution in [0.4, 0.5) is 11.4 Å². The minimum Gasteiger partial charge on any atom is -0.399 e. The molecule has 0 saturated carbocycles. The van der Waals surface area contributed by atoms with E-state index < -0.39 is 0 Å². The van der Waals surface area contributed by atoms with E-state index in [4.69, 9.17) is 5.73 Å². The second kappa shape index (κ2) is 5.44. The van der Waals surface area contributed by atoms with Gasteiger partial charge >= 0.3 is 0 Å². The van der Waals surface area contributed by atoms with Crippen molar-refractivity contribution in [3.63, 3.8) is 0 Å². The number of benzene rings is 1. The monoisotopic (exact) mass is 232 g/mol. The molecule has 0 bridgehead atoms. The molecule has 1 heterocycles. The third kappa shape index (κ3) is 2.74. The lowest BCUT2D eigenvalue weighted by Crippen LogP contribution is -2.34. The van der Waals surface area contributed by atoms with Crippen LogP contribution >= 0.6 is 0 Å². The summed E-state index contributed by atoms with van der Waals surface area (Å²) in [5.41, 5.74) is 9.51. The molecule has 2 N–H and O–H groups in total. The van der Waals surface area contributed by atoms with Crippen molar-refractivity contribution in [3.8, 4) is 0 Å². The molecule has 2 nitrogen and oxygen atoms in total. The number of aryl methyl sites for hydroxylation is 1. The number of anilines is 2. The minimum atomic E-state index is 0.693. The number of nitrogens with two attached hydrogens (primary N) is 1. The fourth-order valence-corrected chi connectivity index (χ4v) is 2.85. The van der Waals surface area contributed by atoms with E-state index in [9.17, 15) is 0 Å². The highest BCUT2D eigenvalue weighted by atomic mass is 15.2. The normalized spacial score (nSPS) is 21.3. The van der Waals surface area contributed by atoms with Crippen molar-refractivity contribution in [2.45, 2.75) is 52.0 Å². The van der Waals surface area contributed by atoms with E-state index in [2.05, 4.69) is 30.9 Å². The van der Waals surface area contributed by atoms with E-state index in [1.165, 1.54) is 49.9 Å². The zero-order chi connectivity index (χ0) is 12.3. The second-order valence-electron chi connectivity index (χ2n) is 5.15. The van der Waals surface area contributed by atoms with Gasteiger partial charge < -0.3 is 10.6 Å². The Hall–Kier alpha value is -1.18. The van der Waals surface area contributed by atoms with Gasteiger partial charge in [0.05, 0.1) is 0 Å². The Balaban J connectivity index is 2.31. The number of hydrogen-bond donors (Lipinski definition) is 1. The van der Waals surface area contributed by atoms with Crippen LogP contribution < -0.4 is 10.6 Å². The Kier molecular flexibility index (Phi) is 3.93. The van der Waals surface area contributed by atoms with E-state index in [1.54, 1.807) is 0 Å². The van der Waals surface area contributed by atoms with Gasteiger partial charge in [0.2, 0.25) is 0 Å². The Bertz CT molecular complexity index is 373. The quantitative estimate of drug-likeness (QED) is 0.787. The fourth-order valence-electron chi connectivity index (χ4n) is 2.85. The Labute approximate surface area is 105 Å². The van der Waals surface area contributed by atoms with Crippen molar-refractivity contribution < 1.29 is 0 Å². The maximum absolute atomic E-state index is 5.93. The third-order valence-electron chi connectivity index (χ3n) is 3.89. The van der Waals surface area contributed by atoms with Crippen molar-refractivity contribution in [1.82, 2.24) is 0 Å². The van der Waals surface area contributed by atoms with Crippen LogP contribution in [0, 0.1) is 6.92 Å². The molecule has 0 spiro atoms. The van der Waals surface area contributed by atoms with E-state index in [0.29, 0.717) is 6.04 Å². The van der Waals surface area contributed by atoms with Crippen LogP contribution in [0.5, 0.6) is 0 Å². The second-order valence-corrected chi connectivity index (χ2v) is 5.15. The van der Waals surface area contributed by atoms with Gasteiger partial charge in [-0.2, -0.15) is 0 Å². The summed E-state index contributed by atoms with van der Waals surface area (Å²) in [6.45, 7) is 5.67. The van der Waals surface area contributed by atoms with Crippen molar-refractivity contribution in [3.05, 3.63) is 23.8 Å². The van der Waals surface area contributed by atoms with E-state index in [0.717, 1.165) is 5.69 Å². The summed E-state index contributed by atoms with van der Waals surface area (Å²) in [5, 5.41) is 0. The van der Waals surface area contributed by atoms with E-state index in [1.807, 2.05) is 6.07 Å². The Morgan fingerprint density at radius 3 is 2.88 bits per heavy atom. The molecular weight excluding hydrogens is 208 g/mol. The number of nitrogen functional groups attached to an aromatic ring is 1. The SMILES string of the molecule is CCC1CCCCCN1c1cc(N)ccc1C. The Morgan fingerprint density at radius 1 is 1.29 bits per heavy atom. The van der Waals surface area contributed by atoms with Gasteiger partial charge in [0.15, 0.2) is 0 Å². The largest absolute Gasteiger partial charge is 0.399 e. The summed E-state index contributed by atoms with van der Waals surface area (Å²) in [7, 11) is 0. The molecule has 1 unspecified atom stereocenters. The summed E-state index contributed by atoms with van der Waals surface area (Å²) in [5.74, 6) is 0. The molecule has 0 aromatic heterocycles. The maximum Gasteiger partial charge on any atom is 0.0419 e. The first-order valence-corrected chi connectivity index (χ1v) is 6.85. The van der Waals surface area contributed by atoms with Crippen LogP contribution in [0.2, 0.25) is 0 Å². The fraction of sp³-hybridized carbons (Fsp3) is 0.600. The highest BCUT2D eigenvalue weighted by Crippen LogP contribution is 2.29. The van der Waals surface area contributed by atoms with E-state index >= 15 is 0 Å². The van der Waals surface area contributed by atoms with Gasteiger partial charge in [0, 0.05) is 24.0 Å². The predicted molar refractivity (Wildman–Crippen MR) is 75.5 cm³/mol. The smallest absolute Gasteiger partial charge is 0.0419 e. The van der Waals surface area contributed by atoms with Gasteiger partial charge in [0.1, 0.15) is 0 Å². The van der Waals surface area contributed by atoms with Gasteiger partial charge in [0.25, 0.3) is 0 Å². The maximum atomic E-state index is 5.93. The molecule has 1 aromatic carbocycles. The highest BCUT2D eigenvalue weighted by molar-refractivity contribution is 5.61. The Morgan fingerprint density at radius 2 is 2.12 bits per heavy atom. The standard InChI is InChI=1S/C15H24N2/c1-3-14-7-5-4-6-10-17(14)15-11-13(16)9-8-12(15)2/h8-9,11,14H,3-7,10,16H2,1-2H3. The summed E-state index contributed by atoms with van der Waals surface area (Å²) in [4.78, 5) is 2.58. The van der Waals surface area contributed by atoms with Gasteiger partial charge in [-0.25, -0.2) is 0 Å². The van der Waals surface area contributed by atoms with Gasteiger partial charge in [-0.05, 0) is 43.9 Å². The molecule has 1 aliphatic rings. The van der Waals surface area contributed by atoms with Crippen LogP contribution in [0.15, 0.2) is 18.2 Å². The van der Waals surface area contributed by atoms with Crippen LogP contribution in [0.1, 0.15) is 44.6 Å². The van der Waals surface area contributed by atoms with Crippen molar-refractivity contribution in [1.29, 1.82) is 0 Å². The minimum absolute atomic E-state index is 0.693. The third-order valence-corrected chi connectivity index (χ3v) is 3.89. The van der Waals surface area contributed by atoms with E-state index in [-0.39, 0.29) is 0 Å². The first-order chi connectivity index (χ1) is 8.22. The van der Waals surface area contributed by atoms with Crippen LogP contribution in [0.25, 0.3) is 0 Å². The van der Waals surface area contributed by atoms with Crippen molar-refractivity contribution in [2.75, 3.05) is 17.2 Å².